The van der Waals surface area contributed by atoms with Gasteiger partial charge >= 0.3 is 0 Å². The first-order chi connectivity index (χ1) is 12.9. The highest BCUT2D eigenvalue weighted by Crippen LogP contribution is 2.38. The van der Waals surface area contributed by atoms with Gasteiger partial charge in [-0.15, -0.1) is 24.0 Å². The highest BCUT2D eigenvalue weighted by molar-refractivity contribution is 14.0. The molecule has 1 atom stereocenters. The molecule has 1 aromatic carbocycles. The van der Waals surface area contributed by atoms with Gasteiger partial charge in [0.1, 0.15) is 11.3 Å². The lowest BCUT2D eigenvalue weighted by molar-refractivity contribution is -0.138. The predicted molar refractivity (Wildman–Crippen MR) is 124 cm³/mol. The summed E-state index contributed by atoms with van der Waals surface area (Å²) >= 11 is 0. The Kier molecular flexibility index (Phi) is 7.74. The van der Waals surface area contributed by atoms with Crippen LogP contribution in [0.15, 0.2) is 39.7 Å². The third-order valence-electron chi connectivity index (χ3n) is 5.46. The summed E-state index contributed by atoms with van der Waals surface area (Å²) in [5.74, 6) is 1.74. The van der Waals surface area contributed by atoms with Crippen LogP contribution in [-0.2, 0) is 4.79 Å². The van der Waals surface area contributed by atoms with Crippen LogP contribution < -0.4 is 10.6 Å². The van der Waals surface area contributed by atoms with E-state index in [1.165, 1.54) is 0 Å². The van der Waals surface area contributed by atoms with E-state index in [9.17, 15) is 4.79 Å². The Morgan fingerprint density at radius 3 is 2.57 bits per heavy atom. The molecule has 7 heteroatoms. The zero-order valence-electron chi connectivity index (χ0n) is 17.1. The van der Waals surface area contributed by atoms with Gasteiger partial charge < -0.3 is 20.0 Å². The second-order valence-corrected chi connectivity index (χ2v) is 7.67. The lowest BCUT2D eigenvalue weighted by Crippen LogP contribution is -2.49. The monoisotopic (exact) mass is 498 g/mol. The molecule has 1 fully saturated rings. The van der Waals surface area contributed by atoms with E-state index in [4.69, 9.17) is 4.42 Å². The summed E-state index contributed by atoms with van der Waals surface area (Å²) in [6.07, 6.45) is 4.05. The average molecular weight is 498 g/mol. The van der Waals surface area contributed by atoms with E-state index < -0.39 is 0 Å². The summed E-state index contributed by atoms with van der Waals surface area (Å²) in [6.45, 7) is 2.64. The van der Waals surface area contributed by atoms with Gasteiger partial charge in [0.25, 0.3) is 0 Å². The van der Waals surface area contributed by atoms with Crippen molar-refractivity contribution >= 4 is 46.8 Å². The first-order valence-electron chi connectivity index (χ1n) is 9.62. The van der Waals surface area contributed by atoms with Crippen molar-refractivity contribution in [2.75, 3.05) is 27.7 Å². The molecule has 1 heterocycles. The molecule has 1 aliphatic rings. The van der Waals surface area contributed by atoms with E-state index in [1.54, 1.807) is 11.9 Å². The fraction of sp³-hybridized carbons (Fsp3) is 0.524. The van der Waals surface area contributed by atoms with Gasteiger partial charge in [-0.3, -0.25) is 9.79 Å². The van der Waals surface area contributed by atoms with E-state index in [0.29, 0.717) is 12.5 Å². The van der Waals surface area contributed by atoms with Gasteiger partial charge in [-0.25, -0.2) is 0 Å². The predicted octanol–water partition coefficient (Wildman–Crippen LogP) is 3.93. The summed E-state index contributed by atoms with van der Waals surface area (Å²) in [7, 11) is 5.41. The normalized spacial score (nSPS) is 17.1. The average Bonchev–Trinajstić information content (AvgIpc) is 3.31. The molecule has 0 spiro atoms. The first kappa shape index (κ1) is 22.5. The minimum absolute atomic E-state index is 0. The molecule has 1 amide bonds. The van der Waals surface area contributed by atoms with Crippen molar-refractivity contribution in [2.45, 2.75) is 38.6 Å². The standard InChI is InChI=1S/C21H30N4O2.HI/c1-15(18-13-16-9-5-6-10-17(16)27-18)24-20(22-2)23-14-21(11-7-8-12-21)19(26)25(3)4;/h5-6,9-10,13,15H,7-8,11-12,14H2,1-4H3,(H2,22,23,24);1H. The Balaban J connectivity index is 0.00000280. The van der Waals surface area contributed by atoms with Gasteiger partial charge in [0.15, 0.2) is 5.96 Å². The van der Waals surface area contributed by atoms with Gasteiger partial charge in [0.05, 0.1) is 11.5 Å². The van der Waals surface area contributed by atoms with Gasteiger partial charge in [-0.1, -0.05) is 31.0 Å². The lowest BCUT2D eigenvalue weighted by Gasteiger charge is -2.31. The zero-order chi connectivity index (χ0) is 19.4. The maximum absolute atomic E-state index is 12.7. The molecule has 0 aliphatic heterocycles. The Hall–Kier alpha value is -1.77. The second-order valence-electron chi connectivity index (χ2n) is 7.67. The SMILES string of the molecule is CN=C(NCC1(C(=O)N(C)C)CCCC1)NC(C)c1cc2ccccc2o1.I. The van der Waals surface area contributed by atoms with Crippen LogP contribution >= 0.6 is 24.0 Å². The van der Waals surface area contributed by atoms with Crippen molar-refractivity contribution in [1.82, 2.24) is 15.5 Å². The van der Waals surface area contributed by atoms with E-state index in [-0.39, 0.29) is 41.3 Å². The highest BCUT2D eigenvalue weighted by Gasteiger charge is 2.42. The molecule has 1 aromatic heterocycles. The molecular formula is C21H31IN4O2. The third-order valence-corrected chi connectivity index (χ3v) is 5.46. The van der Waals surface area contributed by atoms with Crippen molar-refractivity contribution in [3.8, 4) is 0 Å². The molecule has 1 aliphatic carbocycles. The number of guanidine groups is 1. The topological polar surface area (TPSA) is 69.9 Å². The van der Waals surface area contributed by atoms with Crippen LogP contribution in [0, 0.1) is 5.41 Å². The number of rotatable bonds is 5. The van der Waals surface area contributed by atoms with E-state index in [2.05, 4.69) is 15.6 Å². The Morgan fingerprint density at radius 2 is 1.96 bits per heavy atom. The number of aliphatic imine (C=N–C) groups is 1. The number of fused-ring (bicyclic) bond motifs is 1. The Bertz CT molecular complexity index is 792. The molecule has 0 bridgehead atoms. The number of benzene rings is 1. The number of nitrogens with zero attached hydrogens (tertiary/aromatic N) is 2. The maximum atomic E-state index is 12.7. The molecule has 3 rings (SSSR count). The summed E-state index contributed by atoms with van der Waals surface area (Å²) < 4.78 is 5.94. The van der Waals surface area contributed by atoms with Crippen molar-refractivity contribution in [3.63, 3.8) is 0 Å². The number of hydrogen-bond donors (Lipinski definition) is 2. The molecule has 1 saturated carbocycles. The number of carbonyl (C=O) groups is 1. The summed E-state index contributed by atoms with van der Waals surface area (Å²) in [5, 5.41) is 7.83. The number of hydrogen-bond acceptors (Lipinski definition) is 3. The first-order valence-corrected chi connectivity index (χ1v) is 9.62. The summed E-state index contributed by atoms with van der Waals surface area (Å²) in [4.78, 5) is 18.8. The van der Waals surface area contributed by atoms with Crippen LogP contribution in [0.4, 0.5) is 0 Å². The van der Waals surface area contributed by atoms with E-state index in [0.717, 1.165) is 42.4 Å². The zero-order valence-corrected chi connectivity index (χ0v) is 19.4. The van der Waals surface area contributed by atoms with E-state index in [1.807, 2.05) is 51.4 Å². The fourth-order valence-electron chi connectivity index (χ4n) is 3.93. The number of halogens is 1. The number of furan rings is 1. The molecule has 0 saturated heterocycles. The maximum Gasteiger partial charge on any atom is 0.230 e. The van der Waals surface area contributed by atoms with Crippen LogP contribution in [0.3, 0.4) is 0 Å². The minimum Gasteiger partial charge on any atom is -0.459 e. The van der Waals surface area contributed by atoms with Crippen LogP contribution in [0.2, 0.25) is 0 Å². The molecule has 6 nitrogen and oxygen atoms in total. The van der Waals surface area contributed by atoms with Gasteiger partial charge in [0, 0.05) is 33.1 Å². The van der Waals surface area contributed by atoms with Crippen molar-refractivity contribution < 1.29 is 9.21 Å². The molecule has 2 aromatic rings. The summed E-state index contributed by atoms with van der Waals surface area (Å²) in [5.41, 5.74) is 0.551. The van der Waals surface area contributed by atoms with Gasteiger partial charge in [0.2, 0.25) is 5.91 Å². The van der Waals surface area contributed by atoms with Gasteiger partial charge in [-0.05, 0) is 31.9 Å². The van der Waals surface area contributed by atoms with Crippen molar-refractivity contribution in [1.29, 1.82) is 0 Å². The highest BCUT2D eigenvalue weighted by atomic mass is 127. The Morgan fingerprint density at radius 1 is 1.29 bits per heavy atom. The second kappa shape index (κ2) is 9.62. The van der Waals surface area contributed by atoms with Crippen LogP contribution in [-0.4, -0.2) is 44.5 Å². The minimum atomic E-state index is -0.330. The summed E-state index contributed by atoms with van der Waals surface area (Å²) in [6, 6.07) is 10.00. The van der Waals surface area contributed by atoms with Gasteiger partial charge in [-0.2, -0.15) is 0 Å². The van der Waals surface area contributed by atoms with Crippen molar-refractivity contribution in [3.05, 3.63) is 36.1 Å². The number of carbonyl (C=O) groups excluding carboxylic acids is 1. The largest absolute Gasteiger partial charge is 0.459 e. The molecule has 2 N–H and O–H groups in total. The molecule has 1 unspecified atom stereocenters. The molecule has 0 radical (unpaired) electrons. The van der Waals surface area contributed by atoms with Crippen LogP contribution in [0.1, 0.15) is 44.4 Å². The lowest BCUT2D eigenvalue weighted by atomic mass is 9.84. The quantitative estimate of drug-likeness (QED) is 0.373. The smallest absolute Gasteiger partial charge is 0.230 e. The third kappa shape index (κ3) is 4.79. The molecule has 28 heavy (non-hydrogen) atoms. The number of nitrogens with one attached hydrogen (secondary N) is 2. The molecular weight excluding hydrogens is 467 g/mol. The van der Waals surface area contributed by atoms with Crippen molar-refractivity contribution in [2.24, 2.45) is 10.4 Å². The molecule has 154 valence electrons. The van der Waals surface area contributed by atoms with E-state index >= 15 is 0 Å². The Labute approximate surface area is 184 Å². The number of para-hydroxylation sites is 1. The number of amides is 1. The van der Waals surface area contributed by atoms with Crippen LogP contribution in [0.5, 0.6) is 0 Å². The van der Waals surface area contributed by atoms with Crippen LogP contribution in [0.25, 0.3) is 11.0 Å². The fourth-order valence-corrected chi connectivity index (χ4v) is 3.93.